The van der Waals surface area contributed by atoms with Crippen LogP contribution < -0.4 is 15.4 Å². The Kier molecular flexibility index (Phi) is 6.30. The van der Waals surface area contributed by atoms with E-state index in [-0.39, 0.29) is 12.5 Å². The summed E-state index contributed by atoms with van der Waals surface area (Å²) >= 11 is 0. The van der Waals surface area contributed by atoms with Crippen molar-refractivity contribution in [2.45, 2.75) is 20.0 Å². The van der Waals surface area contributed by atoms with E-state index in [0.717, 1.165) is 23.4 Å². The summed E-state index contributed by atoms with van der Waals surface area (Å²) in [5, 5.41) is 5.96. The van der Waals surface area contributed by atoms with Crippen molar-refractivity contribution >= 4 is 11.6 Å². The zero-order valence-corrected chi connectivity index (χ0v) is 12.8. The van der Waals surface area contributed by atoms with Crippen LogP contribution in [0.25, 0.3) is 0 Å². The van der Waals surface area contributed by atoms with Crippen LogP contribution in [0.3, 0.4) is 0 Å². The maximum Gasteiger partial charge on any atom is 0.239 e. The van der Waals surface area contributed by atoms with Crippen LogP contribution in [-0.4, -0.2) is 19.0 Å². The molecule has 0 heterocycles. The monoisotopic (exact) mass is 298 g/mol. The number of amides is 1. The molecule has 0 unspecified atom stereocenters. The second-order valence-electron chi connectivity index (χ2n) is 4.97. The third-order valence-corrected chi connectivity index (χ3v) is 3.14. The number of rotatable bonds is 8. The van der Waals surface area contributed by atoms with Crippen molar-refractivity contribution < 1.29 is 9.53 Å². The van der Waals surface area contributed by atoms with Crippen LogP contribution in [0.1, 0.15) is 18.9 Å². The Balaban J connectivity index is 1.90. The van der Waals surface area contributed by atoms with E-state index in [1.54, 1.807) is 0 Å². The second-order valence-corrected chi connectivity index (χ2v) is 4.97. The molecule has 1 amide bonds. The van der Waals surface area contributed by atoms with Crippen LogP contribution in [-0.2, 0) is 11.4 Å². The smallest absolute Gasteiger partial charge is 0.239 e. The Morgan fingerprint density at radius 2 is 1.77 bits per heavy atom. The van der Waals surface area contributed by atoms with Crippen LogP contribution >= 0.6 is 0 Å². The Bertz CT molecular complexity index is 585. The van der Waals surface area contributed by atoms with Gasteiger partial charge in [0.15, 0.2) is 0 Å². The molecule has 0 aromatic heterocycles. The fraction of sp³-hybridized carbons (Fsp3) is 0.278. The number of nitrogens with one attached hydrogen (secondary N) is 2. The minimum atomic E-state index is -0.0142. The summed E-state index contributed by atoms with van der Waals surface area (Å²) in [7, 11) is 0. The van der Waals surface area contributed by atoms with E-state index in [1.165, 1.54) is 0 Å². The zero-order valence-electron chi connectivity index (χ0n) is 12.8. The zero-order chi connectivity index (χ0) is 15.6. The highest BCUT2D eigenvalue weighted by molar-refractivity contribution is 5.81. The Hall–Kier alpha value is -2.49. The van der Waals surface area contributed by atoms with E-state index in [1.807, 2.05) is 61.5 Å². The number of hydrogen-bond acceptors (Lipinski definition) is 3. The second kappa shape index (κ2) is 8.72. The SMILES string of the molecule is CCCNC(=O)CNc1ccccc1OCc1ccccc1. The van der Waals surface area contributed by atoms with Crippen molar-refractivity contribution in [1.82, 2.24) is 5.32 Å². The van der Waals surface area contributed by atoms with Gasteiger partial charge in [-0.25, -0.2) is 0 Å². The third kappa shape index (κ3) is 5.13. The number of hydrogen-bond donors (Lipinski definition) is 2. The maximum atomic E-state index is 11.7. The molecule has 116 valence electrons. The van der Waals surface area contributed by atoms with Crippen molar-refractivity contribution in [3.05, 3.63) is 60.2 Å². The van der Waals surface area contributed by atoms with Gasteiger partial charge in [0.25, 0.3) is 0 Å². The van der Waals surface area contributed by atoms with Gasteiger partial charge in [-0.15, -0.1) is 0 Å². The molecular formula is C18H22N2O2. The summed E-state index contributed by atoms with van der Waals surface area (Å²) in [6.45, 7) is 3.47. The van der Waals surface area contributed by atoms with Gasteiger partial charge >= 0.3 is 0 Å². The summed E-state index contributed by atoms with van der Waals surface area (Å²) in [6, 6.07) is 17.6. The maximum absolute atomic E-state index is 11.7. The van der Waals surface area contributed by atoms with Crippen LogP contribution in [0.4, 0.5) is 5.69 Å². The number of carbonyl (C=O) groups is 1. The summed E-state index contributed by atoms with van der Waals surface area (Å²) < 4.78 is 5.84. The van der Waals surface area contributed by atoms with Gasteiger partial charge in [0, 0.05) is 6.54 Å². The molecule has 0 radical (unpaired) electrons. The van der Waals surface area contributed by atoms with E-state index in [2.05, 4.69) is 10.6 Å². The minimum Gasteiger partial charge on any atom is -0.487 e. The molecule has 4 heteroatoms. The van der Waals surface area contributed by atoms with Crippen molar-refractivity contribution in [2.24, 2.45) is 0 Å². The van der Waals surface area contributed by atoms with Gasteiger partial charge in [-0.2, -0.15) is 0 Å². The molecule has 0 aliphatic heterocycles. The lowest BCUT2D eigenvalue weighted by Gasteiger charge is -2.13. The first-order chi connectivity index (χ1) is 10.8. The summed E-state index contributed by atoms with van der Waals surface area (Å²) in [4.78, 5) is 11.7. The number of para-hydroxylation sites is 2. The summed E-state index contributed by atoms with van der Waals surface area (Å²) in [5.74, 6) is 0.731. The first-order valence-electron chi connectivity index (χ1n) is 7.56. The molecule has 0 saturated carbocycles. The van der Waals surface area contributed by atoms with Crippen molar-refractivity contribution in [1.29, 1.82) is 0 Å². The highest BCUT2D eigenvalue weighted by Crippen LogP contribution is 2.24. The lowest BCUT2D eigenvalue weighted by atomic mass is 10.2. The molecule has 0 spiro atoms. The average molecular weight is 298 g/mol. The Labute approximate surface area is 131 Å². The first kappa shape index (κ1) is 15.9. The number of carbonyl (C=O) groups excluding carboxylic acids is 1. The van der Waals surface area contributed by atoms with E-state index in [0.29, 0.717) is 13.2 Å². The average Bonchev–Trinajstić information content (AvgIpc) is 2.58. The van der Waals surface area contributed by atoms with E-state index in [4.69, 9.17) is 4.74 Å². The minimum absolute atomic E-state index is 0.0142. The van der Waals surface area contributed by atoms with Gasteiger partial charge in [0.2, 0.25) is 5.91 Å². The molecular weight excluding hydrogens is 276 g/mol. The third-order valence-electron chi connectivity index (χ3n) is 3.14. The highest BCUT2D eigenvalue weighted by Gasteiger charge is 2.05. The predicted octanol–water partition coefficient (Wildman–Crippen LogP) is 3.20. The van der Waals surface area contributed by atoms with E-state index < -0.39 is 0 Å². The highest BCUT2D eigenvalue weighted by atomic mass is 16.5. The first-order valence-corrected chi connectivity index (χ1v) is 7.56. The normalized spacial score (nSPS) is 10.0. The fourth-order valence-electron chi connectivity index (χ4n) is 1.98. The molecule has 22 heavy (non-hydrogen) atoms. The van der Waals surface area contributed by atoms with Crippen molar-refractivity contribution in [3.63, 3.8) is 0 Å². The molecule has 0 aliphatic carbocycles. The number of anilines is 1. The van der Waals surface area contributed by atoms with Crippen LogP contribution in [0, 0.1) is 0 Å². The van der Waals surface area contributed by atoms with Crippen LogP contribution in [0.15, 0.2) is 54.6 Å². The van der Waals surface area contributed by atoms with Gasteiger partial charge in [-0.05, 0) is 24.1 Å². The Morgan fingerprint density at radius 1 is 1.05 bits per heavy atom. The lowest BCUT2D eigenvalue weighted by molar-refractivity contribution is -0.119. The van der Waals surface area contributed by atoms with Crippen molar-refractivity contribution in [2.75, 3.05) is 18.4 Å². The van der Waals surface area contributed by atoms with Gasteiger partial charge in [-0.1, -0.05) is 49.4 Å². The van der Waals surface area contributed by atoms with E-state index >= 15 is 0 Å². The molecule has 2 aromatic carbocycles. The van der Waals surface area contributed by atoms with Gasteiger partial charge in [0.1, 0.15) is 12.4 Å². The molecule has 2 N–H and O–H groups in total. The molecule has 2 rings (SSSR count). The molecule has 4 nitrogen and oxygen atoms in total. The predicted molar refractivity (Wildman–Crippen MR) is 89.0 cm³/mol. The van der Waals surface area contributed by atoms with Gasteiger partial charge in [0.05, 0.1) is 12.2 Å². The Morgan fingerprint density at radius 3 is 2.55 bits per heavy atom. The summed E-state index contributed by atoms with van der Waals surface area (Å²) in [5.41, 5.74) is 1.93. The summed E-state index contributed by atoms with van der Waals surface area (Å²) in [6.07, 6.45) is 0.933. The van der Waals surface area contributed by atoms with E-state index in [9.17, 15) is 4.79 Å². The van der Waals surface area contributed by atoms with Gasteiger partial charge < -0.3 is 15.4 Å². The molecule has 0 saturated heterocycles. The number of ether oxygens (including phenoxy) is 1. The van der Waals surface area contributed by atoms with Crippen molar-refractivity contribution in [3.8, 4) is 5.75 Å². The fourth-order valence-corrected chi connectivity index (χ4v) is 1.98. The molecule has 0 aliphatic rings. The van der Waals surface area contributed by atoms with Crippen LogP contribution in [0.2, 0.25) is 0 Å². The largest absolute Gasteiger partial charge is 0.487 e. The molecule has 2 aromatic rings. The molecule has 0 fully saturated rings. The molecule has 0 atom stereocenters. The quantitative estimate of drug-likeness (QED) is 0.787. The number of benzene rings is 2. The van der Waals surface area contributed by atoms with Crippen LogP contribution in [0.5, 0.6) is 5.75 Å². The topological polar surface area (TPSA) is 50.4 Å². The standard InChI is InChI=1S/C18H22N2O2/c1-2-12-19-18(21)13-20-16-10-6-7-11-17(16)22-14-15-8-4-3-5-9-15/h3-11,20H,2,12-14H2,1H3,(H,19,21). The lowest BCUT2D eigenvalue weighted by Crippen LogP contribution is -2.30. The molecule has 0 bridgehead atoms. The van der Waals surface area contributed by atoms with Gasteiger partial charge in [-0.3, -0.25) is 4.79 Å².